The first-order chi connectivity index (χ1) is 12.7. The van der Waals surface area contributed by atoms with Crippen molar-refractivity contribution in [3.05, 3.63) is 65.2 Å². The van der Waals surface area contributed by atoms with Gasteiger partial charge >= 0.3 is 0 Å². The van der Waals surface area contributed by atoms with E-state index in [1.54, 1.807) is 0 Å². The van der Waals surface area contributed by atoms with Crippen LogP contribution in [0, 0.1) is 6.92 Å². The average molecular weight is 368 g/mol. The summed E-state index contributed by atoms with van der Waals surface area (Å²) < 4.78 is 5.63. The normalized spacial score (nSPS) is 12.3. The lowest BCUT2D eigenvalue weighted by molar-refractivity contribution is -0.128. The summed E-state index contributed by atoms with van der Waals surface area (Å²) in [5.74, 6) is -0.302. The fourth-order valence-electron chi connectivity index (χ4n) is 2.73. The molecule has 2 aromatic rings. The van der Waals surface area contributed by atoms with Gasteiger partial charge in [-0.1, -0.05) is 63.2 Å². The molecule has 0 aliphatic rings. The summed E-state index contributed by atoms with van der Waals surface area (Å²) in [6, 6.07) is 14.6. The molecule has 0 fully saturated rings. The van der Waals surface area contributed by atoms with Crippen molar-refractivity contribution in [3.8, 4) is 5.75 Å². The third-order valence-corrected chi connectivity index (χ3v) is 4.36. The van der Waals surface area contributed by atoms with Crippen molar-refractivity contribution in [2.24, 2.45) is 5.73 Å². The molecule has 5 heteroatoms. The molecule has 0 aliphatic carbocycles. The Morgan fingerprint density at radius 3 is 2.33 bits per heavy atom. The number of benzene rings is 2. The van der Waals surface area contributed by atoms with Crippen LogP contribution in [0.4, 0.5) is 0 Å². The Bertz CT molecular complexity index is 795. The number of ether oxygens (including phenoxy) is 1. The molecule has 2 rings (SSSR count). The number of carbonyl (C=O) groups is 2. The topological polar surface area (TPSA) is 81.4 Å². The zero-order valence-electron chi connectivity index (χ0n) is 16.4. The molecule has 1 atom stereocenters. The number of hydrogen-bond acceptors (Lipinski definition) is 3. The molecule has 1 unspecified atom stereocenters. The van der Waals surface area contributed by atoms with E-state index in [0.29, 0.717) is 12.2 Å². The Kier molecular flexibility index (Phi) is 6.61. The van der Waals surface area contributed by atoms with Crippen molar-refractivity contribution in [2.75, 3.05) is 6.61 Å². The Balaban J connectivity index is 1.95. The first-order valence-corrected chi connectivity index (χ1v) is 9.03. The number of aryl methyl sites for hydroxylation is 1. The van der Waals surface area contributed by atoms with E-state index >= 15 is 0 Å². The van der Waals surface area contributed by atoms with Gasteiger partial charge in [0.15, 0.2) is 6.61 Å². The molecule has 5 nitrogen and oxygen atoms in total. The summed E-state index contributed by atoms with van der Waals surface area (Å²) >= 11 is 0. The highest BCUT2D eigenvalue weighted by molar-refractivity contribution is 5.87. The number of carbonyl (C=O) groups excluding carboxylic acids is 2. The zero-order chi connectivity index (χ0) is 20.0. The maximum atomic E-state index is 12.2. The molecule has 144 valence electrons. The second-order valence-electron chi connectivity index (χ2n) is 7.73. The molecule has 0 heterocycles. The highest BCUT2D eigenvalue weighted by atomic mass is 16.5. The summed E-state index contributed by atoms with van der Waals surface area (Å²) in [6.07, 6.45) is 0.348. The smallest absolute Gasteiger partial charge is 0.258 e. The summed E-state index contributed by atoms with van der Waals surface area (Å²) in [4.78, 5) is 23.9. The third kappa shape index (κ3) is 6.13. The van der Waals surface area contributed by atoms with E-state index in [-0.39, 0.29) is 17.9 Å². The lowest BCUT2D eigenvalue weighted by atomic mass is 9.86. The standard InChI is InChI=1S/C22H28N2O3/c1-15-12-17(22(2,3)4)10-11-19(15)27-14-20(25)24-18(21(23)26)13-16-8-6-5-7-9-16/h5-12,18H,13-14H2,1-4H3,(H2,23,26)(H,24,25). The number of nitrogens with two attached hydrogens (primary N) is 1. The maximum absolute atomic E-state index is 12.2. The van der Waals surface area contributed by atoms with E-state index in [0.717, 1.165) is 11.1 Å². The van der Waals surface area contributed by atoms with Gasteiger partial charge in [0.1, 0.15) is 11.8 Å². The SMILES string of the molecule is Cc1cc(C(C)(C)C)ccc1OCC(=O)NC(Cc1ccccc1)C(N)=O. The lowest BCUT2D eigenvalue weighted by Crippen LogP contribution is -2.47. The van der Waals surface area contributed by atoms with Crippen LogP contribution in [0.15, 0.2) is 48.5 Å². The van der Waals surface area contributed by atoms with E-state index in [1.807, 2.05) is 49.4 Å². The van der Waals surface area contributed by atoms with Gasteiger partial charge in [-0.3, -0.25) is 9.59 Å². The quantitative estimate of drug-likeness (QED) is 0.788. The van der Waals surface area contributed by atoms with E-state index in [2.05, 4.69) is 32.2 Å². The van der Waals surface area contributed by atoms with Gasteiger partial charge in [0.25, 0.3) is 5.91 Å². The zero-order valence-corrected chi connectivity index (χ0v) is 16.4. The number of hydrogen-bond donors (Lipinski definition) is 2. The Morgan fingerprint density at radius 2 is 1.78 bits per heavy atom. The van der Waals surface area contributed by atoms with E-state index in [4.69, 9.17) is 10.5 Å². The van der Waals surface area contributed by atoms with Crippen LogP contribution in [0.25, 0.3) is 0 Å². The number of amides is 2. The number of primary amides is 1. The Hall–Kier alpha value is -2.82. The second kappa shape index (κ2) is 8.71. The van der Waals surface area contributed by atoms with Crippen molar-refractivity contribution in [2.45, 2.75) is 45.6 Å². The predicted octanol–water partition coefficient (Wildman–Crippen LogP) is 2.88. The predicted molar refractivity (Wildman–Crippen MR) is 107 cm³/mol. The van der Waals surface area contributed by atoms with Gasteiger partial charge in [-0.25, -0.2) is 0 Å². The minimum Gasteiger partial charge on any atom is -0.484 e. The molecule has 3 N–H and O–H groups in total. The van der Waals surface area contributed by atoms with Crippen molar-refractivity contribution in [1.29, 1.82) is 0 Å². The van der Waals surface area contributed by atoms with Gasteiger partial charge < -0.3 is 15.8 Å². The van der Waals surface area contributed by atoms with Crippen LogP contribution in [0.1, 0.15) is 37.5 Å². The van der Waals surface area contributed by atoms with Crippen molar-refractivity contribution in [1.82, 2.24) is 5.32 Å². The van der Waals surface area contributed by atoms with Crippen molar-refractivity contribution < 1.29 is 14.3 Å². The van der Waals surface area contributed by atoms with Crippen LogP contribution in [-0.4, -0.2) is 24.5 Å². The Labute approximate surface area is 160 Å². The largest absolute Gasteiger partial charge is 0.484 e. The molecule has 2 amide bonds. The summed E-state index contributed by atoms with van der Waals surface area (Å²) in [6.45, 7) is 8.21. The molecular formula is C22H28N2O3. The fourth-order valence-corrected chi connectivity index (χ4v) is 2.73. The average Bonchev–Trinajstić information content (AvgIpc) is 2.60. The van der Waals surface area contributed by atoms with Gasteiger partial charge in [0.2, 0.25) is 5.91 Å². The van der Waals surface area contributed by atoms with Crippen LogP contribution in [0.2, 0.25) is 0 Å². The van der Waals surface area contributed by atoms with Crippen molar-refractivity contribution >= 4 is 11.8 Å². The monoisotopic (exact) mass is 368 g/mol. The third-order valence-electron chi connectivity index (χ3n) is 4.36. The minimum absolute atomic E-state index is 0.0484. The van der Waals surface area contributed by atoms with Crippen LogP contribution >= 0.6 is 0 Å². The summed E-state index contributed by atoms with van der Waals surface area (Å²) in [7, 11) is 0. The van der Waals surface area contributed by atoms with Gasteiger partial charge in [0, 0.05) is 6.42 Å². The van der Waals surface area contributed by atoms with Gasteiger partial charge in [-0.15, -0.1) is 0 Å². The molecule has 0 saturated heterocycles. The van der Waals surface area contributed by atoms with Crippen LogP contribution in [0.5, 0.6) is 5.75 Å². The van der Waals surface area contributed by atoms with Crippen molar-refractivity contribution in [3.63, 3.8) is 0 Å². The van der Waals surface area contributed by atoms with Gasteiger partial charge in [-0.05, 0) is 35.1 Å². The van der Waals surface area contributed by atoms with Crippen LogP contribution < -0.4 is 15.8 Å². The van der Waals surface area contributed by atoms with Gasteiger partial charge in [-0.2, -0.15) is 0 Å². The van der Waals surface area contributed by atoms with E-state index in [9.17, 15) is 9.59 Å². The summed E-state index contributed by atoms with van der Waals surface area (Å²) in [5.41, 5.74) is 8.57. The highest BCUT2D eigenvalue weighted by Crippen LogP contribution is 2.27. The summed E-state index contributed by atoms with van der Waals surface area (Å²) in [5, 5.41) is 2.65. The molecule has 0 aromatic heterocycles. The first kappa shape index (κ1) is 20.5. The Morgan fingerprint density at radius 1 is 1.11 bits per heavy atom. The first-order valence-electron chi connectivity index (χ1n) is 9.03. The molecule has 27 heavy (non-hydrogen) atoms. The van der Waals surface area contributed by atoms with Crippen LogP contribution in [-0.2, 0) is 21.4 Å². The van der Waals surface area contributed by atoms with E-state index in [1.165, 1.54) is 5.56 Å². The molecule has 0 radical (unpaired) electrons. The molecule has 2 aromatic carbocycles. The van der Waals surface area contributed by atoms with E-state index < -0.39 is 11.9 Å². The second-order valence-corrected chi connectivity index (χ2v) is 7.73. The fraction of sp³-hybridized carbons (Fsp3) is 0.364. The molecule has 0 aliphatic heterocycles. The molecular weight excluding hydrogens is 340 g/mol. The van der Waals surface area contributed by atoms with Crippen LogP contribution in [0.3, 0.4) is 0 Å². The maximum Gasteiger partial charge on any atom is 0.258 e. The lowest BCUT2D eigenvalue weighted by Gasteiger charge is -2.21. The molecule has 0 spiro atoms. The van der Waals surface area contributed by atoms with Gasteiger partial charge in [0.05, 0.1) is 0 Å². The molecule has 0 bridgehead atoms. The number of nitrogens with one attached hydrogen (secondary N) is 1. The highest BCUT2D eigenvalue weighted by Gasteiger charge is 2.19. The molecule has 0 saturated carbocycles. The minimum atomic E-state index is -0.770. The number of rotatable bonds is 7.